The van der Waals surface area contributed by atoms with Gasteiger partial charge in [0.15, 0.2) is 5.76 Å². The summed E-state index contributed by atoms with van der Waals surface area (Å²) in [6.45, 7) is 1.87. The molecule has 8 nitrogen and oxygen atoms in total. The molecule has 154 valence electrons. The third-order valence-electron chi connectivity index (χ3n) is 4.69. The molecule has 0 saturated heterocycles. The van der Waals surface area contributed by atoms with Crippen molar-refractivity contribution in [1.29, 1.82) is 0 Å². The third-order valence-corrected chi connectivity index (χ3v) is 6.09. The van der Waals surface area contributed by atoms with Crippen molar-refractivity contribution < 1.29 is 22.4 Å². The molecule has 0 atom stereocenters. The van der Waals surface area contributed by atoms with Crippen LogP contribution in [0, 0.1) is 0 Å². The van der Waals surface area contributed by atoms with Crippen molar-refractivity contribution in [3.63, 3.8) is 0 Å². The number of nitrogens with one attached hydrogen (secondary N) is 2. The van der Waals surface area contributed by atoms with E-state index < -0.39 is 10.0 Å². The topological polar surface area (TPSA) is 109 Å². The number of amides is 2. The number of anilines is 3. The van der Waals surface area contributed by atoms with Crippen molar-refractivity contribution >= 4 is 38.9 Å². The fourth-order valence-corrected chi connectivity index (χ4v) is 4.39. The van der Waals surface area contributed by atoms with Gasteiger partial charge in [-0.2, -0.15) is 0 Å². The molecule has 2 N–H and O–H groups in total. The second kappa shape index (κ2) is 7.68. The first-order valence-corrected chi connectivity index (χ1v) is 10.7. The highest BCUT2D eigenvalue weighted by Crippen LogP contribution is 2.32. The number of hydrogen-bond acceptors (Lipinski definition) is 5. The number of carbonyl (C=O) groups is 2. The van der Waals surface area contributed by atoms with Crippen molar-refractivity contribution in [2.75, 3.05) is 21.5 Å². The van der Waals surface area contributed by atoms with E-state index in [0.717, 1.165) is 11.3 Å². The third kappa shape index (κ3) is 3.92. The lowest BCUT2D eigenvalue weighted by Gasteiger charge is -2.16. The molecule has 2 amide bonds. The average molecular weight is 425 g/mol. The largest absolute Gasteiger partial charge is 0.459 e. The zero-order valence-corrected chi connectivity index (χ0v) is 16.9. The fraction of sp³-hybridized carbons (Fsp3) is 0.143. The number of benzene rings is 2. The van der Waals surface area contributed by atoms with E-state index in [1.54, 1.807) is 35.2 Å². The van der Waals surface area contributed by atoms with Crippen LogP contribution in [0.25, 0.3) is 0 Å². The van der Waals surface area contributed by atoms with Gasteiger partial charge in [-0.15, -0.1) is 0 Å². The van der Waals surface area contributed by atoms with E-state index in [4.69, 9.17) is 4.42 Å². The molecular weight excluding hydrogens is 406 g/mol. The molecule has 1 aliphatic heterocycles. The molecule has 2 heterocycles. The van der Waals surface area contributed by atoms with E-state index in [0.29, 0.717) is 24.3 Å². The fourth-order valence-electron chi connectivity index (χ4n) is 3.34. The smallest absolute Gasteiger partial charge is 0.293 e. The van der Waals surface area contributed by atoms with Gasteiger partial charge in [0.1, 0.15) is 0 Å². The Morgan fingerprint density at radius 1 is 1.03 bits per heavy atom. The second-order valence-electron chi connectivity index (χ2n) is 6.84. The number of sulfonamides is 1. The monoisotopic (exact) mass is 425 g/mol. The van der Waals surface area contributed by atoms with Crippen molar-refractivity contribution in [1.82, 2.24) is 0 Å². The Hall–Kier alpha value is -3.59. The lowest BCUT2D eigenvalue weighted by atomic mass is 10.1. The van der Waals surface area contributed by atoms with Gasteiger partial charge in [-0.25, -0.2) is 8.42 Å². The zero-order chi connectivity index (χ0) is 21.3. The number of carbonyl (C=O) groups excluding carboxylic acids is 2. The minimum Gasteiger partial charge on any atom is -0.459 e. The van der Waals surface area contributed by atoms with Crippen LogP contribution in [-0.2, 0) is 21.2 Å². The minimum absolute atomic E-state index is 0.0757. The molecule has 1 aromatic heterocycles. The van der Waals surface area contributed by atoms with Gasteiger partial charge in [0.2, 0.25) is 5.91 Å². The molecule has 4 rings (SSSR count). The first-order valence-electron chi connectivity index (χ1n) is 9.22. The van der Waals surface area contributed by atoms with Crippen LogP contribution >= 0.6 is 0 Å². The van der Waals surface area contributed by atoms with E-state index in [-0.39, 0.29) is 22.5 Å². The molecular formula is C21H19N3O5S. The highest BCUT2D eigenvalue weighted by Gasteiger charge is 2.27. The van der Waals surface area contributed by atoms with Gasteiger partial charge in [0.25, 0.3) is 15.9 Å². The van der Waals surface area contributed by atoms with Crippen LogP contribution in [0.3, 0.4) is 0 Å². The Labute approximate surface area is 173 Å². The molecule has 0 aliphatic carbocycles. The van der Waals surface area contributed by atoms with Crippen LogP contribution in [0.15, 0.2) is 70.2 Å². The number of furan rings is 1. The molecule has 9 heteroatoms. The molecule has 30 heavy (non-hydrogen) atoms. The minimum atomic E-state index is -3.80. The molecule has 0 unspecified atom stereocenters. The number of fused-ring (bicyclic) bond motifs is 1. The SMILES string of the molecule is CC(=O)Nc1ccc(S(=O)(=O)Nc2ccc3c(c2)CCN3C(=O)c2ccco2)cc1. The molecule has 0 fully saturated rings. The summed E-state index contributed by atoms with van der Waals surface area (Å²) in [5.41, 5.74) is 2.53. The standard InChI is InChI=1S/C21H19N3O5S/c1-14(25)22-16-4-7-18(8-5-16)30(27,28)23-17-6-9-19-15(13-17)10-11-24(19)21(26)20-3-2-12-29-20/h2-9,12-13,23H,10-11H2,1H3,(H,22,25). The van der Waals surface area contributed by atoms with Crippen molar-refractivity contribution in [3.05, 3.63) is 72.2 Å². The van der Waals surface area contributed by atoms with Crippen LogP contribution in [-0.4, -0.2) is 26.8 Å². The van der Waals surface area contributed by atoms with E-state index >= 15 is 0 Å². The average Bonchev–Trinajstić information content (AvgIpc) is 3.37. The van der Waals surface area contributed by atoms with Crippen molar-refractivity contribution in [2.45, 2.75) is 18.2 Å². The van der Waals surface area contributed by atoms with Crippen molar-refractivity contribution in [3.8, 4) is 0 Å². The Bertz CT molecular complexity index is 1200. The van der Waals surface area contributed by atoms with Crippen LogP contribution in [0.1, 0.15) is 23.0 Å². The zero-order valence-electron chi connectivity index (χ0n) is 16.1. The lowest BCUT2D eigenvalue weighted by molar-refractivity contribution is -0.114. The molecule has 3 aromatic rings. The van der Waals surface area contributed by atoms with Gasteiger partial charge in [-0.1, -0.05) is 0 Å². The van der Waals surface area contributed by atoms with E-state index in [1.807, 2.05) is 0 Å². The van der Waals surface area contributed by atoms with Crippen molar-refractivity contribution in [2.24, 2.45) is 0 Å². The molecule has 0 bridgehead atoms. The van der Waals surface area contributed by atoms with Crippen LogP contribution < -0.4 is 14.9 Å². The molecule has 0 spiro atoms. The Morgan fingerprint density at radius 3 is 2.43 bits per heavy atom. The van der Waals surface area contributed by atoms with Crippen LogP contribution in [0.2, 0.25) is 0 Å². The van der Waals surface area contributed by atoms with Gasteiger partial charge in [-0.3, -0.25) is 14.3 Å². The summed E-state index contributed by atoms with van der Waals surface area (Å²) in [6, 6.07) is 14.2. The van der Waals surface area contributed by atoms with Gasteiger partial charge in [0.05, 0.1) is 11.2 Å². The number of hydrogen-bond donors (Lipinski definition) is 2. The molecule has 1 aliphatic rings. The highest BCUT2D eigenvalue weighted by molar-refractivity contribution is 7.92. The molecule has 0 radical (unpaired) electrons. The van der Waals surface area contributed by atoms with Gasteiger partial charge in [-0.05, 0) is 66.6 Å². The first kappa shape index (κ1) is 19.7. The lowest BCUT2D eigenvalue weighted by Crippen LogP contribution is -2.28. The van der Waals surface area contributed by atoms with Crippen LogP contribution in [0.4, 0.5) is 17.1 Å². The summed E-state index contributed by atoms with van der Waals surface area (Å²) in [5.74, 6) is -0.205. The van der Waals surface area contributed by atoms with E-state index in [1.165, 1.54) is 37.5 Å². The maximum atomic E-state index is 12.7. The summed E-state index contributed by atoms with van der Waals surface area (Å²) in [4.78, 5) is 25.3. The Morgan fingerprint density at radius 2 is 1.77 bits per heavy atom. The van der Waals surface area contributed by atoms with Gasteiger partial charge < -0.3 is 14.6 Å². The van der Waals surface area contributed by atoms with E-state index in [9.17, 15) is 18.0 Å². The second-order valence-corrected chi connectivity index (χ2v) is 8.52. The molecule has 0 saturated carbocycles. The quantitative estimate of drug-likeness (QED) is 0.652. The Kier molecular flexibility index (Phi) is 5.04. The van der Waals surface area contributed by atoms with Crippen LogP contribution in [0.5, 0.6) is 0 Å². The number of rotatable bonds is 5. The predicted octanol–water partition coefficient (Wildman–Crippen LogP) is 3.24. The number of nitrogens with zero attached hydrogens (tertiary/aromatic N) is 1. The summed E-state index contributed by atoms with van der Waals surface area (Å²) >= 11 is 0. The first-order chi connectivity index (χ1) is 14.3. The predicted molar refractivity (Wildman–Crippen MR) is 112 cm³/mol. The summed E-state index contributed by atoms with van der Waals surface area (Å²) in [5, 5.41) is 2.59. The maximum Gasteiger partial charge on any atom is 0.293 e. The summed E-state index contributed by atoms with van der Waals surface area (Å²) in [6.07, 6.45) is 2.06. The van der Waals surface area contributed by atoms with Gasteiger partial charge in [0, 0.05) is 30.5 Å². The normalized spacial score (nSPS) is 13.0. The van der Waals surface area contributed by atoms with Gasteiger partial charge >= 0.3 is 0 Å². The Balaban J connectivity index is 1.52. The molecule has 2 aromatic carbocycles. The highest BCUT2D eigenvalue weighted by atomic mass is 32.2. The summed E-state index contributed by atoms with van der Waals surface area (Å²) in [7, 11) is -3.80. The maximum absolute atomic E-state index is 12.7. The summed E-state index contributed by atoms with van der Waals surface area (Å²) < 4.78 is 33.1. The van der Waals surface area contributed by atoms with E-state index in [2.05, 4.69) is 10.0 Å².